The molecule has 158 valence electrons. The first-order valence-corrected chi connectivity index (χ1v) is 11.3. The van der Waals surface area contributed by atoms with Crippen LogP contribution in [0.15, 0.2) is 33.9 Å². The lowest BCUT2D eigenvalue weighted by molar-refractivity contribution is -0.138. The van der Waals surface area contributed by atoms with Gasteiger partial charge < -0.3 is 9.26 Å². The Balaban J connectivity index is 1.41. The van der Waals surface area contributed by atoms with Gasteiger partial charge in [0, 0.05) is 18.4 Å². The summed E-state index contributed by atoms with van der Waals surface area (Å²) in [6, 6.07) is 7.01. The van der Waals surface area contributed by atoms with Gasteiger partial charge in [-0.3, -0.25) is 4.79 Å². The van der Waals surface area contributed by atoms with E-state index in [1.165, 1.54) is 0 Å². The molecule has 0 spiro atoms. The number of carbonyl (C=O) groups is 2. The normalized spacial score (nSPS) is 20.8. The second kappa shape index (κ2) is 7.98. The maximum absolute atomic E-state index is 12.4. The molecule has 0 unspecified atom stereocenters. The van der Waals surface area contributed by atoms with Gasteiger partial charge in [0.1, 0.15) is 5.71 Å². The Morgan fingerprint density at radius 3 is 2.83 bits per heavy atom. The second-order valence-corrected chi connectivity index (χ2v) is 9.47. The van der Waals surface area contributed by atoms with Crippen molar-refractivity contribution in [3.63, 3.8) is 0 Å². The zero-order chi connectivity index (χ0) is 21.3. The molecule has 0 bridgehead atoms. The predicted molar refractivity (Wildman–Crippen MR) is 105 cm³/mol. The van der Waals surface area contributed by atoms with Crippen LogP contribution < -0.4 is 0 Å². The zero-order valence-electron chi connectivity index (χ0n) is 16.3. The Labute approximate surface area is 172 Å². The van der Waals surface area contributed by atoms with E-state index in [0.29, 0.717) is 12.2 Å². The number of rotatable bonds is 5. The van der Waals surface area contributed by atoms with Gasteiger partial charge in [-0.1, -0.05) is 29.4 Å². The number of benzene rings is 1. The van der Waals surface area contributed by atoms with Crippen molar-refractivity contribution in [3.05, 3.63) is 35.7 Å². The fourth-order valence-electron chi connectivity index (χ4n) is 3.43. The molecular formula is C19H20N4O6S. The molecule has 30 heavy (non-hydrogen) atoms. The van der Waals surface area contributed by atoms with E-state index in [-0.39, 0.29) is 48.5 Å². The summed E-state index contributed by atoms with van der Waals surface area (Å²) < 4.78 is 33.7. The molecule has 2 aliphatic rings. The Morgan fingerprint density at radius 2 is 2.10 bits per heavy atom. The summed E-state index contributed by atoms with van der Waals surface area (Å²) in [4.78, 5) is 28.8. The molecule has 1 aromatic carbocycles. The highest BCUT2D eigenvalue weighted by Crippen LogP contribution is 2.23. The molecule has 10 nitrogen and oxygen atoms in total. The summed E-state index contributed by atoms with van der Waals surface area (Å²) in [6.45, 7) is 1.69. The molecule has 0 aliphatic carbocycles. The van der Waals surface area contributed by atoms with Gasteiger partial charge in [-0.15, -0.1) is 0 Å². The number of esters is 1. The maximum atomic E-state index is 12.4. The van der Waals surface area contributed by atoms with Gasteiger partial charge in [-0.05, 0) is 18.9 Å². The minimum atomic E-state index is -3.18. The SMILES string of the molecule is Cc1ccccc1-c1noc(COC(=O)C2=NN([C@H]3CCS(=O)(=O)C3)C(=O)CC2)n1. The third-order valence-electron chi connectivity index (χ3n) is 5.03. The van der Waals surface area contributed by atoms with Gasteiger partial charge in [-0.25, -0.2) is 18.2 Å². The molecule has 2 aromatic rings. The Morgan fingerprint density at radius 1 is 1.30 bits per heavy atom. The summed E-state index contributed by atoms with van der Waals surface area (Å²) in [5, 5.41) is 9.11. The molecule has 0 saturated carbocycles. The van der Waals surface area contributed by atoms with Gasteiger partial charge in [0.05, 0.1) is 17.5 Å². The average molecular weight is 432 g/mol. The fourth-order valence-corrected chi connectivity index (χ4v) is 5.12. The molecule has 1 amide bonds. The first kappa shape index (κ1) is 20.2. The zero-order valence-corrected chi connectivity index (χ0v) is 17.1. The molecule has 1 fully saturated rings. The van der Waals surface area contributed by atoms with Crippen molar-refractivity contribution in [2.75, 3.05) is 11.5 Å². The standard InChI is InChI=1S/C19H20N4O6S/c1-12-4-2-3-5-14(12)18-20-16(29-22-18)10-28-19(25)15-6-7-17(24)23(21-15)13-8-9-30(26,27)11-13/h2-5,13H,6-11H2,1H3/t13-/m0/s1. The molecule has 2 aliphatic heterocycles. The van der Waals surface area contributed by atoms with Crippen LogP contribution in [0.1, 0.15) is 30.7 Å². The van der Waals surface area contributed by atoms with Crippen molar-refractivity contribution in [1.29, 1.82) is 0 Å². The van der Waals surface area contributed by atoms with Crippen molar-refractivity contribution in [3.8, 4) is 11.4 Å². The smallest absolute Gasteiger partial charge is 0.355 e. The van der Waals surface area contributed by atoms with E-state index in [1.54, 1.807) is 0 Å². The molecular weight excluding hydrogens is 412 g/mol. The largest absolute Gasteiger partial charge is 0.451 e. The third kappa shape index (κ3) is 4.25. The van der Waals surface area contributed by atoms with Crippen LogP contribution in [0.4, 0.5) is 0 Å². The summed E-state index contributed by atoms with van der Waals surface area (Å²) in [7, 11) is -3.18. The highest BCUT2D eigenvalue weighted by Gasteiger charge is 2.37. The van der Waals surface area contributed by atoms with Crippen LogP contribution >= 0.6 is 0 Å². The van der Waals surface area contributed by atoms with E-state index < -0.39 is 21.8 Å². The van der Waals surface area contributed by atoms with Crippen LogP contribution in [-0.4, -0.2) is 58.7 Å². The van der Waals surface area contributed by atoms with Gasteiger partial charge in [-0.2, -0.15) is 10.1 Å². The van der Waals surface area contributed by atoms with Crippen molar-refractivity contribution >= 4 is 27.4 Å². The number of sulfone groups is 1. The van der Waals surface area contributed by atoms with Crippen molar-refractivity contribution in [1.82, 2.24) is 15.1 Å². The monoisotopic (exact) mass is 432 g/mol. The maximum Gasteiger partial charge on any atom is 0.355 e. The molecule has 0 radical (unpaired) electrons. The molecule has 1 atom stereocenters. The summed E-state index contributed by atoms with van der Waals surface area (Å²) in [6.07, 6.45) is 0.512. The lowest BCUT2D eigenvalue weighted by Crippen LogP contribution is -2.42. The van der Waals surface area contributed by atoms with Crippen molar-refractivity contribution < 1.29 is 27.3 Å². The molecule has 1 aromatic heterocycles. The van der Waals surface area contributed by atoms with Gasteiger partial charge in [0.15, 0.2) is 16.4 Å². The molecule has 3 heterocycles. The summed E-state index contributed by atoms with van der Waals surface area (Å²) in [5.41, 5.74) is 1.87. The van der Waals surface area contributed by atoms with Crippen LogP contribution in [0.2, 0.25) is 0 Å². The van der Waals surface area contributed by atoms with Crippen LogP contribution in [0.3, 0.4) is 0 Å². The number of nitrogens with zero attached hydrogens (tertiary/aromatic N) is 4. The second-order valence-electron chi connectivity index (χ2n) is 7.24. The van der Waals surface area contributed by atoms with E-state index in [4.69, 9.17) is 9.26 Å². The van der Waals surface area contributed by atoms with E-state index in [1.807, 2.05) is 31.2 Å². The minimum Gasteiger partial charge on any atom is -0.451 e. The van der Waals surface area contributed by atoms with Crippen molar-refractivity contribution in [2.45, 2.75) is 38.8 Å². The number of hydrogen-bond donors (Lipinski definition) is 0. The lowest BCUT2D eigenvalue weighted by Gasteiger charge is -2.27. The number of amides is 1. The van der Waals surface area contributed by atoms with E-state index in [0.717, 1.165) is 16.1 Å². The fraction of sp³-hybridized carbons (Fsp3) is 0.421. The quantitative estimate of drug-likeness (QED) is 0.645. The van der Waals surface area contributed by atoms with Crippen LogP contribution in [-0.2, 0) is 30.8 Å². The first-order valence-electron chi connectivity index (χ1n) is 9.48. The molecule has 4 rings (SSSR count). The number of hydrogen-bond acceptors (Lipinski definition) is 9. The highest BCUT2D eigenvalue weighted by atomic mass is 32.2. The van der Waals surface area contributed by atoms with Gasteiger partial charge >= 0.3 is 5.97 Å². The number of hydrazone groups is 1. The number of ether oxygens (including phenoxy) is 1. The number of aromatic nitrogens is 2. The van der Waals surface area contributed by atoms with Gasteiger partial charge in [0.2, 0.25) is 11.7 Å². The van der Waals surface area contributed by atoms with E-state index in [9.17, 15) is 18.0 Å². The number of carbonyl (C=O) groups excluding carboxylic acids is 2. The van der Waals surface area contributed by atoms with Crippen LogP contribution in [0, 0.1) is 6.92 Å². The lowest BCUT2D eigenvalue weighted by atomic mass is 10.1. The Bertz CT molecular complexity index is 1120. The summed E-state index contributed by atoms with van der Waals surface area (Å²) in [5.74, 6) is -0.607. The molecule has 0 N–H and O–H groups in total. The Kier molecular flexibility index (Phi) is 5.37. The topological polar surface area (TPSA) is 132 Å². The predicted octanol–water partition coefficient (Wildman–Crippen LogP) is 1.25. The first-order chi connectivity index (χ1) is 14.3. The van der Waals surface area contributed by atoms with E-state index in [2.05, 4.69) is 15.2 Å². The van der Waals surface area contributed by atoms with Gasteiger partial charge in [0.25, 0.3) is 5.89 Å². The molecule has 1 saturated heterocycles. The highest BCUT2D eigenvalue weighted by molar-refractivity contribution is 7.91. The van der Waals surface area contributed by atoms with E-state index >= 15 is 0 Å². The van der Waals surface area contributed by atoms with Crippen LogP contribution in [0.25, 0.3) is 11.4 Å². The summed E-state index contributed by atoms with van der Waals surface area (Å²) >= 11 is 0. The molecule has 11 heteroatoms. The third-order valence-corrected chi connectivity index (χ3v) is 6.78. The minimum absolute atomic E-state index is 0.0110. The van der Waals surface area contributed by atoms with Crippen LogP contribution in [0.5, 0.6) is 0 Å². The Hall–Kier alpha value is -3.08. The number of aryl methyl sites for hydroxylation is 1. The average Bonchev–Trinajstić information content (AvgIpc) is 3.33. The van der Waals surface area contributed by atoms with Crippen molar-refractivity contribution in [2.24, 2.45) is 5.10 Å².